The van der Waals surface area contributed by atoms with Crippen LogP contribution in [0.1, 0.15) is 47.8 Å². The fraction of sp³-hybridized carbons (Fsp3) is 0.500. The van der Waals surface area contributed by atoms with Gasteiger partial charge in [-0.2, -0.15) is 0 Å². The maximum absolute atomic E-state index is 13.2. The van der Waals surface area contributed by atoms with E-state index in [1.807, 2.05) is 28.0 Å². The van der Waals surface area contributed by atoms with Crippen molar-refractivity contribution in [1.82, 2.24) is 24.6 Å². The van der Waals surface area contributed by atoms with Crippen molar-refractivity contribution < 1.29 is 14.3 Å². The summed E-state index contributed by atoms with van der Waals surface area (Å²) in [6, 6.07) is 7.15. The first-order valence-corrected chi connectivity index (χ1v) is 9.71. The molecule has 1 aromatic heterocycles. The van der Waals surface area contributed by atoms with Gasteiger partial charge in [0.2, 0.25) is 5.91 Å². The van der Waals surface area contributed by atoms with Gasteiger partial charge in [-0.3, -0.25) is 9.59 Å². The van der Waals surface area contributed by atoms with Crippen LogP contribution in [0.3, 0.4) is 0 Å². The van der Waals surface area contributed by atoms with Gasteiger partial charge in [-0.15, -0.1) is 10.2 Å². The lowest BCUT2D eigenvalue weighted by Crippen LogP contribution is -2.33. The third-order valence-electron chi connectivity index (χ3n) is 5.63. The summed E-state index contributed by atoms with van der Waals surface area (Å²) in [5.74, 6) is 2.45. The standard InChI is InChI=1S/C20H25N5O3/c1-14(26)23-10-8-18-21-22-19(25(18)12-11-23)17-7-4-9-24(17)20(27)15-5-3-6-16(13-15)28-2/h3,5-6,13,17H,4,7-12H2,1-2H3/t17-/m0/s1. The van der Waals surface area contributed by atoms with Crippen LogP contribution in [0.5, 0.6) is 5.75 Å². The lowest BCUT2D eigenvalue weighted by molar-refractivity contribution is -0.128. The third-order valence-corrected chi connectivity index (χ3v) is 5.63. The second-order valence-corrected chi connectivity index (χ2v) is 7.27. The van der Waals surface area contributed by atoms with Gasteiger partial charge in [-0.1, -0.05) is 6.07 Å². The zero-order valence-corrected chi connectivity index (χ0v) is 16.3. The quantitative estimate of drug-likeness (QED) is 0.805. The van der Waals surface area contributed by atoms with Gasteiger partial charge >= 0.3 is 0 Å². The molecule has 0 unspecified atom stereocenters. The minimum atomic E-state index is -0.0937. The Bertz CT molecular complexity index is 894. The highest BCUT2D eigenvalue weighted by Crippen LogP contribution is 2.33. The predicted molar refractivity (Wildman–Crippen MR) is 102 cm³/mol. The maximum atomic E-state index is 13.2. The van der Waals surface area contributed by atoms with Gasteiger partial charge in [0.1, 0.15) is 11.6 Å². The molecule has 1 atom stereocenters. The Morgan fingerprint density at radius 3 is 2.79 bits per heavy atom. The highest BCUT2D eigenvalue weighted by atomic mass is 16.5. The summed E-state index contributed by atoms with van der Waals surface area (Å²) in [6.07, 6.45) is 2.48. The van der Waals surface area contributed by atoms with Crippen LogP contribution in [0, 0.1) is 0 Å². The molecule has 0 saturated carbocycles. The molecule has 28 heavy (non-hydrogen) atoms. The largest absolute Gasteiger partial charge is 0.497 e. The smallest absolute Gasteiger partial charge is 0.254 e. The zero-order chi connectivity index (χ0) is 19.7. The molecule has 3 heterocycles. The number of hydrogen-bond donors (Lipinski definition) is 0. The monoisotopic (exact) mass is 383 g/mol. The van der Waals surface area contributed by atoms with E-state index in [1.54, 1.807) is 20.1 Å². The Morgan fingerprint density at radius 2 is 2.00 bits per heavy atom. The molecule has 0 bridgehead atoms. The van der Waals surface area contributed by atoms with E-state index in [4.69, 9.17) is 4.74 Å². The van der Waals surface area contributed by atoms with Crippen LogP contribution in [0.2, 0.25) is 0 Å². The average molecular weight is 383 g/mol. The summed E-state index contributed by atoms with van der Waals surface area (Å²) >= 11 is 0. The Kier molecular flexibility index (Phi) is 5.02. The van der Waals surface area contributed by atoms with Gasteiger partial charge in [0.25, 0.3) is 5.91 Å². The van der Waals surface area contributed by atoms with Crippen molar-refractivity contribution in [3.05, 3.63) is 41.5 Å². The Hall–Kier alpha value is -2.90. The number of fused-ring (bicyclic) bond motifs is 1. The van der Waals surface area contributed by atoms with Crippen LogP contribution in [-0.4, -0.2) is 63.1 Å². The van der Waals surface area contributed by atoms with Gasteiger partial charge in [-0.25, -0.2) is 0 Å². The number of methoxy groups -OCH3 is 1. The Labute approximate surface area is 164 Å². The lowest BCUT2D eigenvalue weighted by Gasteiger charge is -2.25. The molecule has 1 saturated heterocycles. The van der Waals surface area contributed by atoms with Gasteiger partial charge in [-0.05, 0) is 31.0 Å². The van der Waals surface area contributed by atoms with Gasteiger partial charge in [0.15, 0.2) is 5.82 Å². The van der Waals surface area contributed by atoms with Crippen molar-refractivity contribution in [2.75, 3.05) is 26.7 Å². The van der Waals surface area contributed by atoms with Gasteiger partial charge in [0.05, 0.1) is 13.2 Å². The van der Waals surface area contributed by atoms with Crippen molar-refractivity contribution in [2.45, 2.75) is 38.8 Å². The van der Waals surface area contributed by atoms with Gasteiger partial charge < -0.3 is 19.1 Å². The molecule has 8 heteroatoms. The summed E-state index contributed by atoms with van der Waals surface area (Å²) in [4.78, 5) is 28.6. The summed E-state index contributed by atoms with van der Waals surface area (Å²) in [7, 11) is 1.60. The molecule has 2 amide bonds. The van der Waals surface area contributed by atoms with Crippen molar-refractivity contribution in [2.24, 2.45) is 0 Å². The normalized spacial score (nSPS) is 19.3. The fourth-order valence-electron chi connectivity index (χ4n) is 4.11. The van der Waals surface area contributed by atoms with Crippen LogP contribution < -0.4 is 4.74 Å². The first-order chi connectivity index (χ1) is 13.6. The van der Waals surface area contributed by atoms with E-state index < -0.39 is 0 Å². The number of carbonyl (C=O) groups is 2. The number of rotatable bonds is 3. The SMILES string of the molecule is COc1cccc(C(=O)N2CCC[C@H]2c2nnc3n2CCN(C(C)=O)CC3)c1. The first-order valence-electron chi connectivity index (χ1n) is 9.71. The van der Waals surface area contributed by atoms with Crippen molar-refractivity contribution >= 4 is 11.8 Å². The molecule has 4 rings (SSSR count). The maximum Gasteiger partial charge on any atom is 0.254 e. The molecular formula is C20H25N5O3. The van der Waals surface area contributed by atoms with Crippen molar-refractivity contribution in [3.8, 4) is 5.75 Å². The third kappa shape index (κ3) is 3.34. The first kappa shape index (κ1) is 18.5. The Balaban J connectivity index is 1.59. The number of benzene rings is 1. The predicted octanol–water partition coefficient (Wildman–Crippen LogP) is 1.67. The second kappa shape index (κ2) is 7.61. The second-order valence-electron chi connectivity index (χ2n) is 7.27. The van der Waals surface area contributed by atoms with E-state index in [9.17, 15) is 9.59 Å². The van der Waals surface area contributed by atoms with Crippen LogP contribution >= 0.6 is 0 Å². The molecule has 8 nitrogen and oxygen atoms in total. The van der Waals surface area contributed by atoms with Crippen LogP contribution in [0.4, 0.5) is 0 Å². The number of ether oxygens (including phenoxy) is 1. The number of amides is 2. The fourth-order valence-corrected chi connectivity index (χ4v) is 4.11. The lowest BCUT2D eigenvalue weighted by atomic mass is 10.1. The van der Waals surface area contributed by atoms with Crippen molar-refractivity contribution in [3.63, 3.8) is 0 Å². The van der Waals surface area contributed by atoms with Crippen LogP contribution in [-0.2, 0) is 17.8 Å². The van der Waals surface area contributed by atoms with Gasteiger partial charge in [0, 0.05) is 45.1 Å². The minimum Gasteiger partial charge on any atom is -0.497 e. The zero-order valence-electron chi connectivity index (χ0n) is 16.3. The summed E-state index contributed by atoms with van der Waals surface area (Å²) in [5.41, 5.74) is 0.615. The molecule has 0 aliphatic carbocycles. The number of likely N-dealkylation sites (tertiary alicyclic amines) is 1. The number of carbonyl (C=O) groups excluding carboxylic acids is 2. The molecule has 0 N–H and O–H groups in total. The highest BCUT2D eigenvalue weighted by molar-refractivity contribution is 5.95. The molecule has 2 aliphatic rings. The summed E-state index contributed by atoms with van der Waals surface area (Å²) < 4.78 is 7.36. The van der Waals surface area contributed by atoms with E-state index in [-0.39, 0.29) is 17.9 Å². The summed E-state index contributed by atoms with van der Waals surface area (Å²) in [6.45, 7) is 4.25. The number of aromatic nitrogens is 3. The molecule has 1 aromatic carbocycles. The molecule has 148 valence electrons. The molecule has 1 fully saturated rings. The van der Waals surface area contributed by atoms with E-state index >= 15 is 0 Å². The van der Waals surface area contributed by atoms with E-state index in [0.29, 0.717) is 43.9 Å². The molecular weight excluding hydrogens is 358 g/mol. The molecule has 0 spiro atoms. The van der Waals surface area contributed by atoms with Crippen LogP contribution in [0.15, 0.2) is 24.3 Å². The number of hydrogen-bond acceptors (Lipinski definition) is 5. The molecule has 2 aromatic rings. The van der Waals surface area contributed by atoms with E-state index in [1.165, 1.54) is 0 Å². The van der Waals surface area contributed by atoms with E-state index in [0.717, 1.165) is 24.5 Å². The molecule has 0 radical (unpaired) electrons. The average Bonchev–Trinajstić information content (AvgIpc) is 3.28. The van der Waals surface area contributed by atoms with Crippen LogP contribution in [0.25, 0.3) is 0 Å². The van der Waals surface area contributed by atoms with E-state index in [2.05, 4.69) is 14.8 Å². The van der Waals surface area contributed by atoms with Crippen molar-refractivity contribution in [1.29, 1.82) is 0 Å². The topological polar surface area (TPSA) is 80.6 Å². The summed E-state index contributed by atoms with van der Waals surface area (Å²) in [5, 5.41) is 8.81. The molecule has 2 aliphatic heterocycles. The highest BCUT2D eigenvalue weighted by Gasteiger charge is 2.35. The Morgan fingerprint density at radius 1 is 1.14 bits per heavy atom. The minimum absolute atomic E-state index is 0.0160. The number of nitrogens with zero attached hydrogens (tertiary/aromatic N) is 5.